The van der Waals surface area contributed by atoms with Crippen LogP contribution in [0.4, 0.5) is 0 Å². The summed E-state index contributed by atoms with van der Waals surface area (Å²) in [7, 11) is 1.81. The lowest BCUT2D eigenvalue weighted by Crippen LogP contribution is -2.49. The van der Waals surface area contributed by atoms with Crippen molar-refractivity contribution < 1.29 is 14.1 Å². The van der Waals surface area contributed by atoms with Crippen LogP contribution in [0.5, 0.6) is 0 Å². The van der Waals surface area contributed by atoms with Crippen LogP contribution in [0, 0.1) is 13.8 Å². The smallest absolute Gasteiger partial charge is 0.222 e. The van der Waals surface area contributed by atoms with Gasteiger partial charge in [0, 0.05) is 51.3 Å². The van der Waals surface area contributed by atoms with Gasteiger partial charge in [0.15, 0.2) is 0 Å². The third kappa shape index (κ3) is 4.42. The molecule has 25 heavy (non-hydrogen) atoms. The zero-order valence-corrected chi connectivity index (χ0v) is 15.8. The Hall–Kier alpha value is -1.40. The largest absolute Gasteiger partial charge is 0.381 e. The second-order valence-electron chi connectivity index (χ2n) is 7.39. The first-order chi connectivity index (χ1) is 12.1. The van der Waals surface area contributed by atoms with Crippen LogP contribution in [0.25, 0.3) is 0 Å². The normalized spacial score (nSPS) is 21.0. The quantitative estimate of drug-likeness (QED) is 0.816. The molecule has 140 valence electrons. The van der Waals surface area contributed by atoms with E-state index in [2.05, 4.69) is 10.1 Å². The van der Waals surface area contributed by atoms with Crippen molar-refractivity contribution in [1.29, 1.82) is 0 Å². The topological polar surface area (TPSA) is 58.8 Å². The van der Waals surface area contributed by atoms with Gasteiger partial charge in [-0.15, -0.1) is 0 Å². The van der Waals surface area contributed by atoms with Crippen LogP contribution in [-0.2, 0) is 16.0 Å². The molecule has 1 aromatic heterocycles. The van der Waals surface area contributed by atoms with Gasteiger partial charge in [-0.05, 0) is 46.0 Å². The molecule has 0 aromatic carbocycles. The Kier molecular flexibility index (Phi) is 6.12. The number of hydrogen-bond donors (Lipinski definition) is 0. The van der Waals surface area contributed by atoms with E-state index in [0.29, 0.717) is 18.6 Å². The lowest BCUT2D eigenvalue weighted by atomic mass is 9.98. The van der Waals surface area contributed by atoms with E-state index in [1.165, 1.54) is 0 Å². The van der Waals surface area contributed by atoms with Crippen LogP contribution < -0.4 is 0 Å². The molecule has 0 unspecified atom stereocenters. The molecule has 2 aliphatic heterocycles. The number of piperidine rings is 2. The van der Waals surface area contributed by atoms with Crippen molar-refractivity contribution in [1.82, 2.24) is 15.0 Å². The maximum atomic E-state index is 12.5. The van der Waals surface area contributed by atoms with Gasteiger partial charge in [-0.25, -0.2) is 0 Å². The summed E-state index contributed by atoms with van der Waals surface area (Å²) in [6.07, 6.45) is 6.16. The predicted octanol–water partition coefficient (Wildman–Crippen LogP) is 2.33. The number of carbonyl (C=O) groups is 1. The summed E-state index contributed by atoms with van der Waals surface area (Å²) in [5, 5.41) is 3.97. The van der Waals surface area contributed by atoms with Gasteiger partial charge in [0.1, 0.15) is 5.76 Å². The fraction of sp³-hybridized carbons (Fsp3) is 0.789. The SMILES string of the molecule is COC1CCN(C2CCN(C(=O)CCc3c(C)noc3C)CC2)CC1. The van der Waals surface area contributed by atoms with Crippen LogP contribution in [0.15, 0.2) is 4.52 Å². The van der Waals surface area contributed by atoms with Gasteiger partial charge in [0.2, 0.25) is 5.91 Å². The van der Waals surface area contributed by atoms with E-state index in [0.717, 1.165) is 75.3 Å². The molecule has 0 aliphatic carbocycles. The highest BCUT2D eigenvalue weighted by molar-refractivity contribution is 5.76. The minimum absolute atomic E-state index is 0.261. The molecule has 1 amide bonds. The molecule has 3 heterocycles. The molecule has 6 nitrogen and oxygen atoms in total. The maximum Gasteiger partial charge on any atom is 0.222 e. The Morgan fingerprint density at radius 3 is 2.40 bits per heavy atom. The molecule has 0 radical (unpaired) electrons. The number of aromatic nitrogens is 1. The van der Waals surface area contributed by atoms with Gasteiger partial charge < -0.3 is 19.1 Å². The van der Waals surface area contributed by atoms with E-state index in [4.69, 9.17) is 9.26 Å². The van der Waals surface area contributed by atoms with Gasteiger partial charge in [-0.3, -0.25) is 4.79 Å². The van der Waals surface area contributed by atoms with Crippen LogP contribution >= 0.6 is 0 Å². The van der Waals surface area contributed by atoms with Crippen LogP contribution in [0.2, 0.25) is 0 Å². The summed E-state index contributed by atoms with van der Waals surface area (Å²) in [5.74, 6) is 1.10. The van der Waals surface area contributed by atoms with Crippen LogP contribution in [0.3, 0.4) is 0 Å². The maximum absolute atomic E-state index is 12.5. The minimum atomic E-state index is 0.261. The molecule has 1 aromatic rings. The fourth-order valence-electron chi connectivity index (χ4n) is 4.21. The Bertz CT molecular complexity index is 551. The Balaban J connectivity index is 1.42. The van der Waals surface area contributed by atoms with E-state index >= 15 is 0 Å². The highest BCUT2D eigenvalue weighted by Crippen LogP contribution is 2.23. The number of nitrogens with zero attached hydrogens (tertiary/aromatic N) is 3. The van der Waals surface area contributed by atoms with Gasteiger partial charge in [0.25, 0.3) is 0 Å². The van der Waals surface area contributed by atoms with Gasteiger partial charge in [-0.1, -0.05) is 5.16 Å². The zero-order valence-electron chi connectivity index (χ0n) is 15.8. The molecule has 0 spiro atoms. The number of likely N-dealkylation sites (tertiary alicyclic amines) is 2. The molecule has 3 rings (SSSR count). The average Bonchev–Trinajstić information content (AvgIpc) is 2.98. The number of amides is 1. The number of ether oxygens (including phenoxy) is 1. The molecule has 0 bridgehead atoms. The third-order valence-electron chi connectivity index (χ3n) is 5.91. The first kappa shape index (κ1) is 18.4. The summed E-state index contributed by atoms with van der Waals surface area (Å²) < 4.78 is 10.6. The van der Waals surface area contributed by atoms with Gasteiger partial charge >= 0.3 is 0 Å². The first-order valence-corrected chi connectivity index (χ1v) is 9.55. The van der Waals surface area contributed by atoms with E-state index in [1.807, 2.05) is 25.9 Å². The van der Waals surface area contributed by atoms with Crippen molar-refractivity contribution >= 4 is 5.91 Å². The molecule has 0 N–H and O–H groups in total. The lowest BCUT2D eigenvalue weighted by Gasteiger charge is -2.41. The van der Waals surface area contributed by atoms with Crippen molar-refractivity contribution in [2.45, 2.75) is 64.5 Å². The van der Waals surface area contributed by atoms with E-state index < -0.39 is 0 Å². The molecule has 2 fully saturated rings. The summed E-state index contributed by atoms with van der Waals surface area (Å²) in [5.41, 5.74) is 1.99. The Morgan fingerprint density at radius 1 is 1.16 bits per heavy atom. The van der Waals surface area contributed by atoms with Crippen molar-refractivity contribution in [3.63, 3.8) is 0 Å². The van der Waals surface area contributed by atoms with Crippen molar-refractivity contribution in [3.8, 4) is 0 Å². The van der Waals surface area contributed by atoms with Gasteiger partial charge in [-0.2, -0.15) is 0 Å². The monoisotopic (exact) mass is 349 g/mol. The molecule has 2 saturated heterocycles. The average molecular weight is 349 g/mol. The molecular formula is C19H31N3O3. The number of aryl methyl sites for hydroxylation is 2. The molecule has 6 heteroatoms. The third-order valence-corrected chi connectivity index (χ3v) is 5.91. The van der Waals surface area contributed by atoms with Crippen molar-refractivity contribution in [2.24, 2.45) is 0 Å². The fourth-order valence-corrected chi connectivity index (χ4v) is 4.21. The Morgan fingerprint density at radius 2 is 1.84 bits per heavy atom. The summed E-state index contributed by atoms with van der Waals surface area (Å²) >= 11 is 0. The van der Waals surface area contributed by atoms with Gasteiger partial charge in [0.05, 0.1) is 11.8 Å². The lowest BCUT2D eigenvalue weighted by molar-refractivity contribution is -0.132. The van der Waals surface area contributed by atoms with E-state index in [1.54, 1.807) is 0 Å². The van der Waals surface area contributed by atoms with E-state index in [-0.39, 0.29) is 5.91 Å². The van der Waals surface area contributed by atoms with E-state index in [9.17, 15) is 4.79 Å². The Labute approximate surface area is 150 Å². The number of hydrogen-bond acceptors (Lipinski definition) is 5. The summed E-state index contributed by atoms with van der Waals surface area (Å²) in [6, 6.07) is 0.629. The molecule has 2 aliphatic rings. The predicted molar refractivity (Wildman–Crippen MR) is 95.5 cm³/mol. The second-order valence-corrected chi connectivity index (χ2v) is 7.39. The van der Waals surface area contributed by atoms with Crippen LogP contribution in [0.1, 0.15) is 49.1 Å². The van der Waals surface area contributed by atoms with Crippen molar-refractivity contribution in [3.05, 3.63) is 17.0 Å². The number of carbonyl (C=O) groups excluding carboxylic acids is 1. The highest BCUT2D eigenvalue weighted by atomic mass is 16.5. The first-order valence-electron chi connectivity index (χ1n) is 9.55. The summed E-state index contributed by atoms with van der Waals surface area (Å²) in [6.45, 7) is 7.88. The molecular weight excluding hydrogens is 318 g/mol. The standard InChI is InChI=1S/C19H31N3O3/c1-14-18(15(2)25-20-14)4-5-19(23)22-10-6-16(7-11-22)21-12-8-17(24-3)9-13-21/h16-17H,4-13H2,1-3H3. The van der Waals surface area contributed by atoms with Crippen LogP contribution in [-0.4, -0.2) is 66.3 Å². The highest BCUT2D eigenvalue weighted by Gasteiger charge is 2.29. The molecule has 0 atom stereocenters. The second kappa shape index (κ2) is 8.32. The zero-order chi connectivity index (χ0) is 17.8. The summed E-state index contributed by atoms with van der Waals surface area (Å²) in [4.78, 5) is 17.2. The van der Waals surface area contributed by atoms with Crippen molar-refractivity contribution in [2.75, 3.05) is 33.3 Å². The molecule has 0 saturated carbocycles. The number of methoxy groups -OCH3 is 1. The minimum Gasteiger partial charge on any atom is -0.381 e. The number of rotatable bonds is 5.